The normalized spacial score (nSPS) is 14.9. The van der Waals surface area contributed by atoms with Crippen LogP contribution in [0.1, 0.15) is 28.6 Å². The molecule has 3 N–H and O–H groups in total. The molecule has 3 heterocycles. The first kappa shape index (κ1) is 30.2. The van der Waals surface area contributed by atoms with Crippen molar-refractivity contribution >= 4 is 29.5 Å². The van der Waals surface area contributed by atoms with Crippen molar-refractivity contribution in [3.63, 3.8) is 0 Å². The molecule has 2 aromatic heterocycles. The molecule has 0 unspecified atom stereocenters. The van der Waals surface area contributed by atoms with E-state index >= 15 is 0 Å². The van der Waals surface area contributed by atoms with E-state index in [9.17, 15) is 27.2 Å². The summed E-state index contributed by atoms with van der Waals surface area (Å²) < 4.78 is 67.4. The van der Waals surface area contributed by atoms with Crippen molar-refractivity contribution in [1.82, 2.24) is 15.2 Å². The van der Waals surface area contributed by atoms with Gasteiger partial charge in [0.15, 0.2) is 5.82 Å². The maximum Gasteiger partial charge on any atom is 0.420 e. The number of morpholine rings is 1. The molecule has 9 nitrogen and oxygen atoms in total. The van der Waals surface area contributed by atoms with Crippen molar-refractivity contribution in [2.45, 2.75) is 19.6 Å². The van der Waals surface area contributed by atoms with Gasteiger partial charge in [-0.3, -0.25) is 14.6 Å². The first-order chi connectivity index (χ1) is 20.0. The van der Waals surface area contributed by atoms with Crippen LogP contribution in [0.25, 0.3) is 22.2 Å². The van der Waals surface area contributed by atoms with Crippen LogP contribution in [0.3, 0.4) is 0 Å². The molecular weight excluding hydrogens is 558 g/mol. The highest BCUT2D eigenvalue weighted by molar-refractivity contribution is 5.96. The molecule has 4 rings (SSSR count). The van der Waals surface area contributed by atoms with Crippen LogP contribution in [0.2, 0.25) is 0 Å². The Hall–Kier alpha value is -4.78. The average Bonchev–Trinajstić information content (AvgIpc) is 3.40. The molecule has 0 aliphatic carbocycles. The van der Waals surface area contributed by atoms with E-state index in [2.05, 4.69) is 22.0 Å². The Morgan fingerprint density at radius 1 is 1.17 bits per heavy atom. The van der Waals surface area contributed by atoms with E-state index in [0.717, 1.165) is 18.3 Å². The second-order valence-corrected chi connectivity index (χ2v) is 9.32. The molecule has 1 aromatic carbocycles. The van der Waals surface area contributed by atoms with Gasteiger partial charge in [-0.15, -0.1) is 0 Å². The van der Waals surface area contributed by atoms with Crippen LogP contribution >= 0.6 is 0 Å². The van der Waals surface area contributed by atoms with Crippen molar-refractivity contribution < 1.29 is 36.3 Å². The fourth-order valence-corrected chi connectivity index (χ4v) is 4.11. The number of halogens is 4. The van der Waals surface area contributed by atoms with E-state index in [0.29, 0.717) is 18.8 Å². The number of amides is 2. The topological polar surface area (TPSA) is 123 Å². The minimum atomic E-state index is -4.80. The van der Waals surface area contributed by atoms with E-state index in [1.54, 1.807) is 13.0 Å². The zero-order valence-electron chi connectivity index (χ0n) is 22.5. The molecule has 0 saturated carbocycles. The molecule has 1 saturated heterocycles. The largest absolute Gasteiger partial charge is 0.459 e. The number of pyridine rings is 1. The third kappa shape index (κ3) is 7.29. The van der Waals surface area contributed by atoms with Crippen molar-refractivity contribution in [3.8, 4) is 11.3 Å². The highest BCUT2D eigenvalue weighted by atomic mass is 19.4. The first-order valence-corrected chi connectivity index (χ1v) is 12.7. The molecule has 220 valence electrons. The van der Waals surface area contributed by atoms with E-state index in [1.165, 1.54) is 35.3 Å². The fourth-order valence-electron chi connectivity index (χ4n) is 4.11. The summed E-state index contributed by atoms with van der Waals surface area (Å²) in [4.78, 5) is 34.0. The lowest BCUT2D eigenvalue weighted by Crippen LogP contribution is -2.41. The number of furan rings is 1. The SMILES string of the molecule is C=N\C(N)=C/C=C(C)/C=C/C(=O)NCc1cc2cc(-c3cc(C(=O)N4CCOCC4)c(F)cn3)cc(C(F)(F)F)c2o1. The Bertz CT molecular complexity index is 1600. The van der Waals surface area contributed by atoms with Gasteiger partial charge in [0.1, 0.15) is 17.2 Å². The summed E-state index contributed by atoms with van der Waals surface area (Å²) in [5, 5.41) is 2.64. The smallest absolute Gasteiger partial charge is 0.420 e. The van der Waals surface area contributed by atoms with Gasteiger partial charge in [-0.25, -0.2) is 9.38 Å². The maximum atomic E-state index is 14.6. The number of nitrogens with one attached hydrogen (secondary N) is 1. The van der Waals surface area contributed by atoms with Crippen molar-refractivity contribution in [2.75, 3.05) is 26.3 Å². The fraction of sp³-hybridized carbons (Fsp3) is 0.241. The number of carbonyl (C=O) groups is 2. The Morgan fingerprint density at radius 2 is 1.90 bits per heavy atom. The van der Waals surface area contributed by atoms with Gasteiger partial charge in [-0.2, -0.15) is 13.2 Å². The molecule has 13 heteroatoms. The van der Waals surface area contributed by atoms with E-state index in [-0.39, 0.29) is 53.4 Å². The lowest BCUT2D eigenvalue weighted by atomic mass is 10.0. The number of carbonyl (C=O) groups excluding carboxylic acids is 2. The van der Waals surface area contributed by atoms with Crippen LogP contribution in [0, 0.1) is 5.82 Å². The first-order valence-electron chi connectivity index (χ1n) is 12.7. The van der Waals surface area contributed by atoms with Crippen LogP contribution in [0.5, 0.6) is 0 Å². The van der Waals surface area contributed by atoms with E-state index < -0.39 is 35.0 Å². The van der Waals surface area contributed by atoms with Gasteiger partial charge in [0.25, 0.3) is 5.91 Å². The van der Waals surface area contributed by atoms with Gasteiger partial charge in [0.2, 0.25) is 5.91 Å². The second-order valence-electron chi connectivity index (χ2n) is 9.32. The summed E-state index contributed by atoms with van der Waals surface area (Å²) in [6.45, 7) is 5.96. The van der Waals surface area contributed by atoms with Crippen LogP contribution in [0.15, 0.2) is 75.6 Å². The molecule has 0 bridgehead atoms. The van der Waals surface area contributed by atoms with E-state index in [4.69, 9.17) is 14.9 Å². The van der Waals surface area contributed by atoms with Crippen LogP contribution < -0.4 is 11.1 Å². The van der Waals surface area contributed by atoms with Gasteiger partial charge in [0, 0.05) is 30.1 Å². The molecule has 1 fully saturated rings. The molecule has 1 aliphatic rings. The predicted molar refractivity (Wildman–Crippen MR) is 148 cm³/mol. The highest BCUT2D eigenvalue weighted by Crippen LogP contribution is 2.39. The predicted octanol–water partition coefficient (Wildman–Crippen LogP) is 4.74. The number of hydrogen-bond donors (Lipinski definition) is 2. The number of nitrogens with two attached hydrogens (primary N) is 1. The van der Waals surface area contributed by atoms with Gasteiger partial charge < -0.3 is 25.1 Å². The monoisotopic (exact) mass is 585 g/mol. The lowest BCUT2D eigenvalue weighted by Gasteiger charge is -2.27. The molecular formula is C29H27F4N5O4. The lowest BCUT2D eigenvalue weighted by molar-refractivity contribution is -0.136. The summed E-state index contributed by atoms with van der Waals surface area (Å²) in [5.74, 6) is -1.72. The van der Waals surface area contributed by atoms with Gasteiger partial charge >= 0.3 is 6.18 Å². The summed E-state index contributed by atoms with van der Waals surface area (Å²) in [5.41, 5.74) is 4.37. The number of aromatic nitrogens is 1. The van der Waals surface area contributed by atoms with Gasteiger partial charge in [-0.05, 0) is 44.0 Å². The van der Waals surface area contributed by atoms with E-state index in [1.807, 2.05) is 0 Å². The van der Waals surface area contributed by atoms with Gasteiger partial charge in [-0.1, -0.05) is 17.7 Å². The van der Waals surface area contributed by atoms with Crippen LogP contribution in [0.4, 0.5) is 17.6 Å². The maximum absolute atomic E-state index is 14.6. The molecule has 0 radical (unpaired) electrons. The summed E-state index contributed by atoms with van der Waals surface area (Å²) in [7, 11) is 0. The van der Waals surface area contributed by atoms with Crippen molar-refractivity contribution in [2.24, 2.45) is 10.7 Å². The van der Waals surface area contributed by atoms with Crippen molar-refractivity contribution in [3.05, 3.63) is 88.9 Å². The number of alkyl halides is 3. The minimum absolute atomic E-state index is 0.00812. The minimum Gasteiger partial charge on any atom is -0.459 e. The zero-order chi connectivity index (χ0) is 30.4. The number of fused-ring (bicyclic) bond motifs is 1. The molecule has 42 heavy (non-hydrogen) atoms. The highest BCUT2D eigenvalue weighted by Gasteiger charge is 2.35. The number of aliphatic imine (C=N–C) groups is 1. The van der Waals surface area contributed by atoms with Crippen molar-refractivity contribution in [1.29, 1.82) is 0 Å². The average molecular weight is 586 g/mol. The number of hydrogen-bond acceptors (Lipinski definition) is 7. The van der Waals surface area contributed by atoms with Crippen LogP contribution in [-0.2, 0) is 22.3 Å². The number of benzene rings is 1. The molecule has 0 spiro atoms. The number of rotatable bonds is 8. The Balaban J connectivity index is 1.59. The molecule has 0 atom stereocenters. The van der Waals surface area contributed by atoms with Crippen LogP contribution in [-0.4, -0.2) is 54.7 Å². The van der Waals surface area contributed by atoms with Gasteiger partial charge in [0.05, 0.1) is 42.8 Å². The summed E-state index contributed by atoms with van der Waals surface area (Å²) in [6, 6.07) is 4.73. The Labute approximate surface area is 238 Å². The number of ether oxygens (including phenoxy) is 1. The zero-order valence-corrected chi connectivity index (χ0v) is 22.5. The number of allylic oxidation sites excluding steroid dienone is 4. The Kier molecular flexibility index (Phi) is 9.21. The molecule has 1 aliphatic heterocycles. The summed E-state index contributed by atoms with van der Waals surface area (Å²) >= 11 is 0. The molecule has 3 aromatic rings. The number of nitrogens with zero attached hydrogens (tertiary/aromatic N) is 3. The summed E-state index contributed by atoms with van der Waals surface area (Å²) in [6.07, 6.45) is 1.90. The standard InChI is InChI=1S/C29H27F4N5O4/c1-17(3-5-25(34)35-2)4-6-26(39)37-15-20-12-19-11-18(13-22(27(19)42-20)29(31,32)33)24-14-21(23(30)16-36-24)28(40)38-7-9-41-10-8-38/h3-6,11-14,16H,2,7-10,15,34H2,1H3,(H,37,39)/b6-4+,17-3+,25-5-. The Morgan fingerprint density at radius 3 is 2.60 bits per heavy atom. The third-order valence-corrected chi connectivity index (χ3v) is 6.29. The third-order valence-electron chi connectivity index (χ3n) is 6.29. The second kappa shape index (κ2) is 12.8. The quantitative estimate of drug-likeness (QED) is 0.170. The molecule has 2 amide bonds.